The molecule has 1 aromatic carbocycles. The fourth-order valence-corrected chi connectivity index (χ4v) is 7.60. The third-order valence-corrected chi connectivity index (χ3v) is 9.52. The lowest BCUT2D eigenvalue weighted by molar-refractivity contribution is 0.178. The lowest BCUT2D eigenvalue weighted by Crippen LogP contribution is -2.48. The Labute approximate surface area is 185 Å². The fourth-order valence-electron chi connectivity index (χ4n) is 4.69. The van der Waals surface area contributed by atoms with Crippen molar-refractivity contribution in [3.05, 3.63) is 55.9 Å². The summed E-state index contributed by atoms with van der Waals surface area (Å²) in [4.78, 5) is 25.0. The molecule has 164 valence electrons. The van der Waals surface area contributed by atoms with Crippen molar-refractivity contribution in [2.45, 2.75) is 44.6 Å². The highest BCUT2D eigenvalue weighted by atomic mass is 32.2. The van der Waals surface area contributed by atoms with E-state index >= 15 is 0 Å². The van der Waals surface area contributed by atoms with E-state index in [1.165, 1.54) is 10.4 Å². The van der Waals surface area contributed by atoms with Crippen LogP contribution in [0.25, 0.3) is 10.2 Å². The molecule has 0 bridgehead atoms. The lowest BCUT2D eigenvalue weighted by Gasteiger charge is -2.33. The molecule has 9 heteroatoms. The van der Waals surface area contributed by atoms with Gasteiger partial charge in [0.1, 0.15) is 10.7 Å². The molecule has 0 unspecified atom stereocenters. The minimum atomic E-state index is -3.50. The zero-order chi connectivity index (χ0) is 21.8. The second-order valence-electron chi connectivity index (χ2n) is 8.50. The van der Waals surface area contributed by atoms with Crippen LogP contribution in [-0.2, 0) is 29.4 Å². The number of benzene rings is 1. The summed E-state index contributed by atoms with van der Waals surface area (Å²) in [5.41, 5.74) is 2.97. The minimum absolute atomic E-state index is 0.0459. The molecule has 0 amide bonds. The number of aromatic amines is 1. The molecule has 1 saturated heterocycles. The number of thiophene rings is 1. The van der Waals surface area contributed by atoms with Crippen LogP contribution in [0.2, 0.25) is 0 Å². The molecular weight excluding hydrogens is 432 g/mol. The third-order valence-electron chi connectivity index (χ3n) is 6.28. The van der Waals surface area contributed by atoms with Gasteiger partial charge in [-0.1, -0.05) is 17.7 Å². The SMILES string of the molecule is Cc1ccc(S(=O)(=O)N2CCN(Cc3nc4sc5c(c4c(=O)[nH]3)CCC5)CC2)c(C)c1. The highest BCUT2D eigenvalue weighted by Gasteiger charge is 2.30. The highest BCUT2D eigenvalue weighted by Crippen LogP contribution is 2.34. The zero-order valence-electron chi connectivity index (χ0n) is 17.8. The minimum Gasteiger partial charge on any atom is -0.309 e. The van der Waals surface area contributed by atoms with Gasteiger partial charge in [-0.25, -0.2) is 13.4 Å². The predicted molar refractivity (Wildman–Crippen MR) is 122 cm³/mol. The average molecular weight is 459 g/mol. The number of nitrogens with zero attached hydrogens (tertiary/aromatic N) is 3. The molecule has 0 radical (unpaired) electrons. The average Bonchev–Trinajstić information content (AvgIpc) is 3.29. The second-order valence-corrected chi connectivity index (χ2v) is 11.5. The number of hydrogen-bond donors (Lipinski definition) is 1. The molecule has 1 N–H and O–H groups in total. The van der Waals surface area contributed by atoms with E-state index in [1.54, 1.807) is 21.7 Å². The van der Waals surface area contributed by atoms with E-state index in [-0.39, 0.29) is 5.56 Å². The molecule has 2 aromatic heterocycles. The van der Waals surface area contributed by atoms with Crippen molar-refractivity contribution >= 4 is 31.6 Å². The molecule has 31 heavy (non-hydrogen) atoms. The maximum absolute atomic E-state index is 13.1. The van der Waals surface area contributed by atoms with Crippen LogP contribution in [0.3, 0.4) is 0 Å². The van der Waals surface area contributed by atoms with Crippen LogP contribution in [-0.4, -0.2) is 53.8 Å². The van der Waals surface area contributed by atoms with E-state index in [0.717, 1.165) is 40.6 Å². The van der Waals surface area contributed by atoms with Crippen LogP contribution < -0.4 is 5.56 Å². The number of piperazine rings is 1. The predicted octanol–water partition coefficient (Wildman–Crippen LogP) is 2.60. The van der Waals surface area contributed by atoms with Gasteiger partial charge in [-0.3, -0.25) is 9.69 Å². The summed E-state index contributed by atoms with van der Waals surface area (Å²) in [5, 5.41) is 0.769. The van der Waals surface area contributed by atoms with E-state index in [4.69, 9.17) is 4.98 Å². The standard InChI is InChI=1S/C22H26N4O3S2/c1-14-6-7-18(15(2)12-14)31(28,29)26-10-8-25(9-11-26)13-19-23-21(27)20-16-4-3-5-17(16)30-22(20)24-19/h6-7,12H,3-5,8-11,13H2,1-2H3,(H,23,24,27). The first-order valence-electron chi connectivity index (χ1n) is 10.7. The van der Waals surface area contributed by atoms with Crippen molar-refractivity contribution < 1.29 is 8.42 Å². The second kappa shape index (κ2) is 7.81. The van der Waals surface area contributed by atoms with Crippen LogP contribution >= 0.6 is 11.3 Å². The van der Waals surface area contributed by atoms with Crippen LogP contribution in [0.4, 0.5) is 0 Å². The molecule has 2 aliphatic rings. The van der Waals surface area contributed by atoms with Gasteiger partial charge in [0, 0.05) is 31.1 Å². The smallest absolute Gasteiger partial charge is 0.259 e. The Morgan fingerprint density at radius 2 is 1.90 bits per heavy atom. The fraction of sp³-hybridized carbons (Fsp3) is 0.455. The lowest BCUT2D eigenvalue weighted by atomic mass is 10.2. The number of hydrogen-bond acceptors (Lipinski definition) is 6. The van der Waals surface area contributed by atoms with Gasteiger partial charge in [-0.2, -0.15) is 4.31 Å². The first kappa shape index (κ1) is 20.8. The Morgan fingerprint density at radius 1 is 1.13 bits per heavy atom. The molecule has 1 aliphatic carbocycles. The molecule has 5 rings (SSSR count). The summed E-state index contributed by atoms with van der Waals surface area (Å²) in [6, 6.07) is 5.45. The van der Waals surface area contributed by atoms with Crippen LogP contribution in [0.5, 0.6) is 0 Å². The topological polar surface area (TPSA) is 86.4 Å². The number of H-pyrrole nitrogens is 1. The van der Waals surface area contributed by atoms with Gasteiger partial charge >= 0.3 is 0 Å². The summed E-state index contributed by atoms with van der Waals surface area (Å²) < 4.78 is 27.7. The molecule has 0 saturated carbocycles. The van der Waals surface area contributed by atoms with Crippen molar-refractivity contribution in [1.82, 2.24) is 19.2 Å². The highest BCUT2D eigenvalue weighted by molar-refractivity contribution is 7.89. The molecule has 1 aliphatic heterocycles. The number of fused-ring (bicyclic) bond motifs is 3. The monoisotopic (exact) mass is 458 g/mol. The van der Waals surface area contributed by atoms with E-state index in [2.05, 4.69) is 9.88 Å². The molecule has 0 atom stereocenters. The summed E-state index contributed by atoms with van der Waals surface area (Å²) in [6.07, 6.45) is 3.13. The first-order valence-corrected chi connectivity index (χ1v) is 12.9. The largest absolute Gasteiger partial charge is 0.309 e. The van der Waals surface area contributed by atoms with E-state index < -0.39 is 10.0 Å². The van der Waals surface area contributed by atoms with Crippen molar-refractivity contribution in [3.8, 4) is 0 Å². The number of nitrogens with one attached hydrogen (secondary N) is 1. The van der Waals surface area contributed by atoms with E-state index in [0.29, 0.717) is 43.4 Å². The molecule has 1 fully saturated rings. The van der Waals surface area contributed by atoms with Crippen LogP contribution in [0.1, 0.15) is 33.8 Å². The Bertz CT molecular complexity index is 1320. The normalized spacial score (nSPS) is 18.0. The first-order chi connectivity index (χ1) is 14.8. The Hall–Kier alpha value is -2.07. The van der Waals surface area contributed by atoms with Crippen molar-refractivity contribution in [3.63, 3.8) is 0 Å². The molecule has 0 spiro atoms. The maximum Gasteiger partial charge on any atom is 0.259 e. The number of aryl methyl sites for hydroxylation is 4. The Morgan fingerprint density at radius 3 is 2.65 bits per heavy atom. The van der Waals surface area contributed by atoms with Gasteiger partial charge < -0.3 is 4.98 Å². The van der Waals surface area contributed by atoms with Crippen molar-refractivity contribution in [2.75, 3.05) is 26.2 Å². The van der Waals surface area contributed by atoms with Crippen LogP contribution in [0.15, 0.2) is 27.9 Å². The maximum atomic E-state index is 13.1. The van der Waals surface area contributed by atoms with Gasteiger partial charge in [0.05, 0.1) is 16.8 Å². The summed E-state index contributed by atoms with van der Waals surface area (Å²) in [6.45, 7) is 6.38. The number of aromatic nitrogens is 2. The summed E-state index contributed by atoms with van der Waals surface area (Å²) in [7, 11) is -3.50. The van der Waals surface area contributed by atoms with Gasteiger partial charge in [-0.15, -0.1) is 11.3 Å². The summed E-state index contributed by atoms with van der Waals surface area (Å²) >= 11 is 1.64. The van der Waals surface area contributed by atoms with E-state index in [1.807, 2.05) is 26.0 Å². The number of rotatable bonds is 4. The zero-order valence-corrected chi connectivity index (χ0v) is 19.4. The molecular formula is C22H26N4O3S2. The van der Waals surface area contributed by atoms with Crippen molar-refractivity contribution in [2.24, 2.45) is 0 Å². The quantitative estimate of drug-likeness (QED) is 0.650. The van der Waals surface area contributed by atoms with Crippen molar-refractivity contribution in [1.29, 1.82) is 0 Å². The Balaban J connectivity index is 1.29. The van der Waals surface area contributed by atoms with Crippen LogP contribution in [0, 0.1) is 13.8 Å². The van der Waals surface area contributed by atoms with Gasteiger partial charge in [0.25, 0.3) is 5.56 Å². The molecule has 3 aromatic rings. The van der Waals surface area contributed by atoms with E-state index in [9.17, 15) is 13.2 Å². The van der Waals surface area contributed by atoms with Gasteiger partial charge in [-0.05, 0) is 50.3 Å². The molecule has 7 nitrogen and oxygen atoms in total. The Kier molecular flexibility index (Phi) is 5.24. The van der Waals surface area contributed by atoms with Gasteiger partial charge in [0.15, 0.2) is 0 Å². The van der Waals surface area contributed by atoms with Gasteiger partial charge in [0.2, 0.25) is 10.0 Å². The summed E-state index contributed by atoms with van der Waals surface area (Å²) in [5.74, 6) is 0.656. The number of sulfonamides is 1. The third kappa shape index (κ3) is 3.73. The molecule has 3 heterocycles.